The van der Waals surface area contributed by atoms with Gasteiger partial charge in [-0.15, -0.1) is 0 Å². The Bertz CT molecular complexity index is 908. The van der Waals surface area contributed by atoms with E-state index in [-0.39, 0.29) is 43.3 Å². The van der Waals surface area contributed by atoms with Crippen LogP contribution in [0.4, 0.5) is 8.78 Å². The molecule has 1 amide bonds. The van der Waals surface area contributed by atoms with Gasteiger partial charge in [0, 0.05) is 19.0 Å². The first-order valence-electron chi connectivity index (χ1n) is 10.1. The van der Waals surface area contributed by atoms with Gasteiger partial charge >= 0.3 is 5.97 Å². The first-order valence-corrected chi connectivity index (χ1v) is 11.6. The SMILES string of the molecule is CCOC(=O)C1(NC(=O)C2CCN(S(=O)(=O)c3ccc(F)c(F)c3)CC2)CCCC1. The van der Waals surface area contributed by atoms with E-state index >= 15 is 0 Å². The second-order valence-electron chi connectivity index (χ2n) is 7.75. The van der Waals surface area contributed by atoms with Crippen molar-refractivity contribution in [1.82, 2.24) is 9.62 Å². The first-order chi connectivity index (χ1) is 14.2. The molecule has 1 aliphatic carbocycles. The van der Waals surface area contributed by atoms with Crippen molar-refractivity contribution in [3.63, 3.8) is 0 Å². The van der Waals surface area contributed by atoms with Crippen LogP contribution in [0.1, 0.15) is 45.4 Å². The van der Waals surface area contributed by atoms with E-state index in [0.717, 1.165) is 25.0 Å². The van der Waals surface area contributed by atoms with E-state index in [1.165, 1.54) is 4.31 Å². The summed E-state index contributed by atoms with van der Waals surface area (Å²) in [5, 5.41) is 2.87. The van der Waals surface area contributed by atoms with E-state index in [2.05, 4.69) is 5.32 Å². The lowest BCUT2D eigenvalue weighted by Gasteiger charge is -2.34. The molecule has 10 heteroatoms. The lowest BCUT2D eigenvalue weighted by Crippen LogP contribution is -2.56. The second-order valence-corrected chi connectivity index (χ2v) is 9.69. The van der Waals surface area contributed by atoms with E-state index in [1.807, 2.05) is 0 Å². The van der Waals surface area contributed by atoms with Gasteiger partial charge in [0.25, 0.3) is 0 Å². The van der Waals surface area contributed by atoms with E-state index in [1.54, 1.807) is 6.92 Å². The monoisotopic (exact) mass is 444 g/mol. The molecule has 0 radical (unpaired) electrons. The average Bonchev–Trinajstić information content (AvgIpc) is 3.20. The van der Waals surface area contributed by atoms with Gasteiger partial charge in [0.1, 0.15) is 5.54 Å². The van der Waals surface area contributed by atoms with Crippen molar-refractivity contribution >= 4 is 21.9 Å². The number of ether oxygens (including phenoxy) is 1. The summed E-state index contributed by atoms with van der Waals surface area (Å²) < 4.78 is 58.3. The Kier molecular flexibility index (Phi) is 6.76. The van der Waals surface area contributed by atoms with Crippen LogP contribution in [0.15, 0.2) is 23.1 Å². The van der Waals surface area contributed by atoms with Crippen LogP contribution in [0, 0.1) is 17.6 Å². The van der Waals surface area contributed by atoms with Crippen molar-refractivity contribution in [3.05, 3.63) is 29.8 Å². The standard InChI is InChI=1S/C20H26F2N2O5S/c1-2-29-19(26)20(9-3-4-10-20)23-18(25)14-7-11-24(12-8-14)30(27,28)15-5-6-16(21)17(22)13-15/h5-6,13-14H,2-4,7-12H2,1H3,(H,23,25). The van der Waals surface area contributed by atoms with Crippen LogP contribution >= 0.6 is 0 Å². The fraction of sp³-hybridized carbons (Fsp3) is 0.600. The number of amides is 1. The number of sulfonamides is 1. The van der Waals surface area contributed by atoms with Gasteiger partial charge in [-0.1, -0.05) is 12.8 Å². The van der Waals surface area contributed by atoms with Crippen LogP contribution in [0.5, 0.6) is 0 Å². The molecule has 1 saturated heterocycles. The third-order valence-corrected chi connectivity index (χ3v) is 7.73. The van der Waals surface area contributed by atoms with Gasteiger partial charge in [0.2, 0.25) is 15.9 Å². The van der Waals surface area contributed by atoms with Crippen LogP contribution in [0.2, 0.25) is 0 Å². The Morgan fingerprint density at radius 2 is 1.80 bits per heavy atom. The van der Waals surface area contributed by atoms with Crippen LogP contribution in [0.25, 0.3) is 0 Å². The Morgan fingerprint density at radius 1 is 1.17 bits per heavy atom. The number of carbonyl (C=O) groups is 2. The first kappa shape index (κ1) is 22.6. The molecule has 0 unspecified atom stereocenters. The number of esters is 1. The summed E-state index contributed by atoms with van der Waals surface area (Å²) in [6.45, 7) is 2.10. The summed E-state index contributed by atoms with van der Waals surface area (Å²) in [6.07, 6.45) is 3.25. The molecular weight excluding hydrogens is 418 g/mol. The largest absolute Gasteiger partial charge is 0.464 e. The minimum absolute atomic E-state index is 0.0752. The molecule has 3 rings (SSSR count). The van der Waals surface area contributed by atoms with Gasteiger partial charge in [0.05, 0.1) is 11.5 Å². The molecule has 0 bridgehead atoms. The summed E-state index contributed by atoms with van der Waals surface area (Å²) >= 11 is 0. The Hall–Kier alpha value is -2.07. The quantitative estimate of drug-likeness (QED) is 0.680. The summed E-state index contributed by atoms with van der Waals surface area (Å²) in [5.41, 5.74) is -0.998. The molecule has 1 N–H and O–H groups in total. The number of rotatable bonds is 6. The Labute approximate surface area is 174 Å². The molecule has 0 atom stereocenters. The van der Waals surface area contributed by atoms with Crippen molar-refractivity contribution < 1.29 is 31.5 Å². The molecule has 1 saturated carbocycles. The number of piperidine rings is 1. The highest BCUT2D eigenvalue weighted by Gasteiger charge is 2.45. The van der Waals surface area contributed by atoms with Crippen molar-refractivity contribution in [2.75, 3.05) is 19.7 Å². The molecule has 166 valence electrons. The van der Waals surface area contributed by atoms with E-state index in [0.29, 0.717) is 18.9 Å². The normalized spacial score (nSPS) is 20.1. The predicted octanol–water partition coefficient (Wildman–Crippen LogP) is 2.36. The number of nitrogens with zero attached hydrogens (tertiary/aromatic N) is 1. The smallest absolute Gasteiger partial charge is 0.331 e. The van der Waals surface area contributed by atoms with Crippen molar-refractivity contribution in [1.29, 1.82) is 0 Å². The molecule has 2 aliphatic rings. The van der Waals surface area contributed by atoms with Crippen LogP contribution in [-0.2, 0) is 24.3 Å². The van der Waals surface area contributed by atoms with Crippen molar-refractivity contribution in [3.8, 4) is 0 Å². The van der Waals surface area contributed by atoms with Gasteiger partial charge in [0.15, 0.2) is 11.6 Å². The third-order valence-electron chi connectivity index (χ3n) is 5.84. The molecular formula is C20H26F2N2O5S. The predicted molar refractivity (Wildman–Crippen MR) is 104 cm³/mol. The van der Waals surface area contributed by atoms with Crippen LogP contribution < -0.4 is 5.32 Å². The van der Waals surface area contributed by atoms with Gasteiger partial charge in [-0.25, -0.2) is 22.0 Å². The fourth-order valence-corrected chi connectivity index (χ4v) is 5.59. The zero-order chi connectivity index (χ0) is 21.9. The third kappa shape index (κ3) is 4.49. The number of hydrogen-bond acceptors (Lipinski definition) is 5. The lowest BCUT2D eigenvalue weighted by molar-refractivity contribution is -0.153. The molecule has 0 aromatic heterocycles. The van der Waals surface area contributed by atoms with E-state index in [9.17, 15) is 26.8 Å². The molecule has 1 heterocycles. The molecule has 1 aromatic rings. The fourth-order valence-electron chi connectivity index (χ4n) is 4.11. The van der Waals surface area contributed by atoms with E-state index < -0.39 is 39.1 Å². The minimum Gasteiger partial charge on any atom is -0.464 e. The van der Waals surface area contributed by atoms with Gasteiger partial charge in [-0.05, 0) is 50.8 Å². The van der Waals surface area contributed by atoms with Crippen molar-refractivity contribution in [2.24, 2.45) is 5.92 Å². The molecule has 7 nitrogen and oxygen atoms in total. The molecule has 0 spiro atoms. The molecule has 30 heavy (non-hydrogen) atoms. The summed E-state index contributed by atoms with van der Waals surface area (Å²) in [7, 11) is -3.98. The minimum atomic E-state index is -3.98. The molecule has 2 fully saturated rings. The zero-order valence-electron chi connectivity index (χ0n) is 16.8. The highest BCUT2D eigenvalue weighted by Crippen LogP contribution is 2.32. The maximum absolute atomic E-state index is 13.4. The van der Waals surface area contributed by atoms with Gasteiger partial charge in [-0.3, -0.25) is 4.79 Å². The number of hydrogen-bond donors (Lipinski definition) is 1. The highest BCUT2D eigenvalue weighted by atomic mass is 32.2. The zero-order valence-corrected chi connectivity index (χ0v) is 17.6. The van der Waals surface area contributed by atoms with Gasteiger partial charge < -0.3 is 10.1 Å². The molecule has 1 aromatic carbocycles. The van der Waals surface area contributed by atoms with Crippen molar-refractivity contribution in [2.45, 2.75) is 55.9 Å². The highest BCUT2D eigenvalue weighted by molar-refractivity contribution is 7.89. The summed E-state index contributed by atoms with van der Waals surface area (Å²) in [4.78, 5) is 24.9. The summed E-state index contributed by atoms with van der Waals surface area (Å²) in [5.74, 6) is -3.49. The maximum Gasteiger partial charge on any atom is 0.331 e. The number of halogens is 2. The second kappa shape index (κ2) is 8.97. The molecule has 1 aliphatic heterocycles. The van der Waals surface area contributed by atoms with Gasteiger partial charge in [-0.2, -0.15) is 4.31 Å². The maximum atomic E-state index is 13.4. The van der Waals surface area contributed by atoms with Crippen LogP contribution in [-0.4, -0.2) is 49.8 Å². The topological polar surface area (TPSA) is 92.8 Å². The number of benzene rings is 1. The summed E-state index contributed by atoms with van der Waals surface area (Å²) in [6, 6.07) is 2.46. The van der Waals surface area contributed by atoms with Crippen LogP contribution in [0.3, 0.4) is 0 Å². The number of carbonyl (C=O) groups excluding carboxylic acids is 2. The average molecular weight is 445 g/mol. The Morgan fingerprint density at radius 3 is 2.37 bits per heavy atom. The number of nitrogens with one attached hydrogen (secondary N) is 1. The van der Waals surface area contributed by atoms with E-state index in [4.69, 9.17) is 4.74 Å². The Balaban J connectivity index is 1.64. The lowest BCUT2D eigenvalue weighted by atomic mass is 9.92.